The van der Waals surface area contributed by atoms with Crippen LogP contribution in [0.3, 0.4) is 0 Å². The summed E-state index contributed by atoms with van der Waals surface area (Å²) in [5.74, 6) is 3.56. The fraction of sp³-hybridized carbons (Fsp3) is 0.417. The second kappa shape index (κ2) is 10.0. The third-order valence-electron chi connectivity index (χ3n) is 5.53. The molecule has 1 aliphatic carbocycles. The van der Waals surface area contributed by atoms with E-state index in [0.29, 0.717) is 12.6 Å². The average molecular weight is 424 g/mol. The molecule has 0 spiro atoms. The van der Waals surface area contributed by atoms with E-state index in [2.05, 4.69) is 46.0 Å². The van der Waals surface area contributed by atoms with Gasteiger partial charge in [-0.05, 0) is 61.7 Å². The molecule has 5 nitrogen and oxygen atoms in total. The molecule has 1 aliphatic rings. The van der Waals surface area contributed by atoms with E-state index in [1.54, 1.807) is 18.9 Å². The fourth-order valence-electron chi connectivity index (χ4n) is 3.98. The van der Waals surface area contributed by atoms with Crippen LogP contribution < -0.4 is 9.47 Å². The van der Waals surface area contributed by atoms with E-state index in [0.717, 1.165) is 33.8 Å². The predicted molar refractivity (Wildman–Crippen MR) is 122 cm³/mol. The Hall–Kier alpha value is -2.47. The maximum atomic E-state index is 5.92. The first-order valence-electron chi connectivity index (χ1n) is 10.7. The molecule has 3 aromatic rings. The van der Waals surface area contributed by atoms with E-state index < -0.39 is 0 Å². The number of methoxy groups -OCH3 is 1. The van der Waals surface area contributed by atoms with Gasteiger partial charge in [-0.1, -0.05) is 43.2 Å². The summed E-state index contributed by atoms with van der Waals surface area (Å²) in [6.45, 7) is 2.72. The van der Waals surface area contributed by atoms with Gasteiger partial charge in [0, 0.05) is 17.4 Å². The molecule has 1 aromatic heterocycles. The minimum Gasteiger partial charge on any atom is -0.497 e. The van der Waals surface area contributed by atoms with Crippen LogP contribution in [0.2, 0.25) is 0 Å². The Balaban J connectivity index is 1.49. The molecule has 0 atom stereocenters. The fourth-order valence-corrected chi connectivity index (χ4v) is 4.80. The second-order valence-corrected chi connectivity index (χ2v) is 8.77. The third-order valence-corrected chi connectivity index (χ3v) is 6.43. The zero-order valence-corrected chi connectivity index (χ0v) is 18.5. The van der Waals surface area contributed by atoms with Gasteiger partial charge in [-0.2, -0.15) is 0 Å². The number of hydrogen-bond donors (Lipinski definition) is 0. The maximum Gasteiger partial charge on any atom is 0.191 e. The lowest BCUT2D eigenvalue weighted by atomic mass is 9.95. The molecular formula is C24H29N3O2S. The monoisotopic (exact) mass is 423 g/mol. The molecule has 0 aliphatic heterocycles. The molecule has 30 heavy (non-hydrogen) atoms. The van der Waals surface area contributed by atoms with Crippen LogP contribution in [0.15, 0.2) is 53.7 Å². The standard InChI is InChI=1S/C24H29N3O2S/c1-18-7-6-10-22(17-18)29-15-16-30-24-26-25-23(19-11-13-21(28-2)14-12-19)27(24)20-8-4-3-5-9-20/h6-7,10-14,17,20H,3-5,8-9,15-16H2,1-2H3. The van der Waals surface area contributed by atoms with E-state index in [9.17, 15) is 0 Å². The van der Waals surface area contributed by atoms with E-state index >= 15 is 0 Å². The number of aryl methyl sites for hydroxylation is 1. The van der Waals surface area contributed by atoms with Crippen LogP contribution in [0.4, 0.5) is 0 Å². The van der Waals surface area contributed by atoms with Gasteiger partial charge in [0.2, 0.25) is 0 Å². The molecule has 4 rings (SSSR count). The van der Waals surface area contributed by atoms with Gasteiger partial charge in [0.05, 0.1) is 13.7 Å². The number of nitrogens with zero attached hydrogens (tertiary/aromatic N) is 3. The average Bonchev–Trinajstić information content (AvgIpc) is 3.21. The van der Waals surface area contributed by atoms with Crippen LogP contribution in [0, 0.1) is 6.92 Å². The summed E-state index contributed by atoms with van der Waals surface area (Å²) >= 11 is 1.73. The first kappa shape index (κ1) is 20.8. The lowest BCUT2D eigenvalue weighted by Crippen LogP contribution is -2.15. The molecule has 0 N–H and O–H groups in total. The molecule has 0 radical (unpaired) electrons. The predicted octanol–water partition coefficient (Wildman–Crippen LogP) is 5.94. The smallest absolute Gasteiger partial charge is 0.191 e. The summed E-state index contributed by atoms with van der Waals surface area (Å²) in [5.41, 5.74) is 2.29. The topological polar surface area (TPSA) is 49.2 Å². The SMILES string of the molecule is COc1ccc(-c2nnc(SCCOc3cccc(C)c3)n2C2CCCCC2)cc1. The van der Waals surface area contributed by atoms with Crippen molar-refractivity contribution in [2.45, 2.75) is 50.2 Å². The summed E-state index contributed by atoms with van der Waals surface area (Å²) in [5, 5.41) is 10.1. The van der Waals surface area contributed by atoms with Crippen molar-refractivity contribution in [3.05, 3.63) is 54.1 Å². The number of ether oxygens (including phenoxy) is 2. The molecule has 0 amide bonds. The normalized spacial score (nSPS) is 14.6. The highest BCUT2D eigenvalue weighted by Gasteiger charge is 2.23. The Morgan fingerprint density at radius 2 is 1.80 bits per heavy atom. The molecule has 6 heteroatoms. The first-order valence-corrected chi connectivity index (χ1v) is 11.6. The number of benzene rings is 2. The van der Waals surface area contributed by atoms with Crippen molar-refractivity contribution in [3.8, 4) is 22.9 Å². The first-order chi connectivity index (χ1) is 14.7. The molecule has 1 saturated carbocycles. The Labute approximate surface area is 182 Å². The molecule has 0 saturated heterocycles. The highest BCUT2D eigenvalue weighted by Crippen LogP contribution is 2.35. The molecule has 1 heterocycles. The van der Waals surface area contributed by atoms with Crippen molar-refractivity contribution in [2.75, 3.05) is 19.5 Å². The van der Waals surface area contributed by atoms with Gasteiger partial charge in [0.15, 0.2) is 11.0 Å². The van der Waals surface area contributed by atoms with Crippen LogP contribution in [0.5, 0.6) is 11.5 Å². The molecule has 1 fully saturated rings. The molecule has 2 aromatic carbocycles. The van der Waals surface area contributed by atoms with Gasteiger partial charge >= 0.3 is 0 Å². The third kappa shape index (κ3) is 4.98. The molecule has 0 bridgehead atoms. The van der Waals surface area contributed by atoms with E-state index in [1.807, 2.05) is 24.3 Å². The lowest BCUT2D eigenvalue weighted by Gasteiger charge is -2.25. The Morgan fingerprint density at radius 1 is 1.00 bits per heavy atom. The minimum absolute atomic E-state index is 0.464. The summed E-state index contributed by atoms with van der Waals surface area (Å²) < 4.78 is 13.6. The maximum absolute atomic E-state index is 5.92. The number of thioether (sulfide) groups is 1. The highest BCUT2D eigenvalue weighted by molar-refractivity contribution is 7.99. The van der Waals surface area contributed by atoms with E-state index in [1.165, 1.54) is 37.7 Å². The van der Waals surface area contributed by atoms with Gasteiger partial charge in [-0.3, -0.25) is 4.57 Å². The van der Waals surface area contributed by atoms with Gasteiger partial charge in [-0.15, -0.1) is 10.2 Å². The largest absolute Gasteiger partial charge is 0.497 e. The molecule has 0 unspecified atom stereocenters. The van der Waals surface area contributed by atoms with Crippen LogP contribution >= 0.6 is 11.8 Å². The van der Waals surface area contributed by atoms with E-state index in [-0.39, 0.29) is 0 Å². The Bertz CT molecular complexity index is 949. The van der Waals surface area contributed by atoms with Gasteiger partial charge in [0.1, 0.15) is 11.5 Å². The van der Waals surface area contributed by atoms with Crippen molar-refractivity contribution in [2.24, 2.45) is 0 Å². The van der Waals surface area contributed by atoms with Gasteiger partial charge < -0.3 is 9.47 Å². The van der Waals surface area contributed by atoms with Crippen molar-refractivity contribution in [1.29, 1.82) is 0 Å². The summed E-state index contributed by atoms with van der Waals surface area (Å²) in [6.07, 6.45) is 6.24. The quantitative estimate of drug-likeness (QED) is 0.331. The van der Waals surface area contributed by atoms with E-state index in [4.69, 9.17) is 9.47 Å². The van der Waals surface area contributed by atoms with Crippen molar-refractivity contribution in [3.63, 3.8) is 0 Å². The van der Waals surface area contributed by atoms with Gasteiger partial charge in [0.25, 0.3) is 0 Å². The van der Waals surface area contributed by atoms with Crippen LogP contribution in [0.1, 0.15) is 43.7 Å². The second-order valence-electron chi connectivity index (χ2n) is 7.71. The minimum atomic E-state index is 0.464. The lowest BCUT2D eigenvalue weighted by molar-refractivity contribution is 0.336. The zero-order valence-electron chi connectivity index (χ0n) is 17.7. The van der Waals surface area contributed by atoms with Crippen LogP contribution in [-0.2, 0) is 0 Å². The molecular weight excluding hydrogens is 394 g/mol. The van der Waals surface area contributed by atoms with Crippen molar-refractivity contribution >= 4 is 11.8 Å². The zero-order chi connectivity index (χ0) is 20.8. The summed E-state index contributed by atoms with van der Waals surface area (Å²) in [6, 6.07) is 16.7. The number of aromatic nitrogens is 3. The summed E-state index contributed by atoms with van der Waals surface area (Å²) in [7, 11) is 1.69. The highest BCUT2D eigenvalue weighted by atomic mass is 32.2. The number of rotatable bonds is 8. The summed E-state index contributed by atoms with van der Waals surface area (Å²) in [4.78, 5) is 0. The van der Waals surface area contributed by atoms with Crippen molar-refractivity contribution in [1.82, 2.24) is 14.8 Å². The Morgan fingerprint density at radius 3 is 2.53 bits per heavy atom. The van der Waals surface area contributed by atoms with Crippen LogP contribution in [0.25, 0.3) is 11.4 Å². The Kier molecular flexibility index (Phi) is 6.95. The molecule has 158 valence electrons. The van der Waals surface area contributed by atoms with Crippen LogP contribution in [-0.4, -0.2) is 34.2 Å². The van der Waals surface area contributed by atoms with Crippen molar-refractivity contribution < 1.29 is 9.47 Å². The number of hydrogen-bond acceptors (Lipinski definition) is 5. The van der Waals surface area contributed by atoms with Gasteiger partial charge in [-0.25, -0.2) is 0 Å².